The summed E-state index contributed by atoms with van der Waals surface area (Å²) in [6, 6.07) is 8.80. The summed E-state index contributed by atoms with van der Waals surface area (Å²) in [6.07, 6.45) is 2.44. The Kier molecular flexibility index (Phi) is 9.09. The Morgan fingerprint density at radius 1 is 1.23 bits per heavy atom. The molecular formula is C23H23Cl3O4S. The minimum Gasteiger partial charge on any atom is -0.459 e. The molecule has 3 rings (SSSR count). The Bertz CT molecular complexity index is 945. The van der Waals surface area contributed by atoms with Crippen LogP contribution in [0.4, 0.5) is 0 Å². The summed E-state index contributed by atoms with van der Waals surface area (Å²) in [6.45, 7) is -0.192. The van der Waals surface area contributed by atoms with Gasteiger partial charge < -0.3 is 14.9 Å². The van der Waals surface area contributed by atoms with E-state index < -0.39 is 12.1 Å². The number of ether oxygens (including phenoxy) is 1. The molecule has 2 aromatic rings. The molecule has 0 unspecified atom stereocenters. The van der Waals surface area contributed by atoms with Crippen LogP contribution in [0, 0.1) is 23.7 Å². The molecule has 2 N–H and O–H groups in total. The zero-order valence-corrected chi connectivity index (χ0v) is 19.8. The lowest BCUT2D eigenvalue weighted by Gasteiger charge is -2.18. The molecule has 4 nitrogen and oxygen atoms in total. The average Bonchev–Trinajstić information content (AvgIpc) is 3.28. The number of rotatable bonds is 7. The monoisotopic (exact) mass is 500 g/mol. The van der Waals surface area contributed by atoms with Crippen LogP contribution in [-0.2, 0) is 11.2 Å². The first kappa shape index (κ1) is 24.4. The van der Waals surface area contributed by atoms with Gasteiger partial charge in [0.1, 0.15) is 11.5 Å². The predicted molar refractivity (Wildman–Crippen MR) is 125 cm³/mol. The lowest BCUT2D eigenvalue weighted by Crippen LogP contribution is -2.19. The topological polar surface area (TPSA) is 66.8 Å². The lowest BCUT2D eigenvalue weighted by atomic mass is 9.90. The van der Waals surface area contributed by atoms with Gasteiger partial charge in [0.05, 0.1) is 18.6 Å². The van der Waals surface area contributed by atoms with E-state index in [4.69, 9.17) is 44.6 Å². The molecule has 1 fully saturated rings. The van der Waals surface area contributed by atoms with E-state index in [1.54, 1.807) is 24.3 Å². The van der Waals surface area contributed by atoms with Gasteiger partial charge in [-0.25, -0.2) is 4.79 Å². The number of thiophene rings is 1. The van der Waals surface area contributed by atoms with Gasteiger partial charge in [-0.05, 0) is 61.9 Å². The summed E-state index contributed by atoms with van der Waals surface area (Å²) < 4.78 is 4.94. The fourth-order valence-electron chi connectivity index (χ4n) is 3.76. The zero-order valence-electron chi connectivity index (χ0n) is 16.7. The highest BCUT2D eigenvalue weighted by molar-refractivity contribution is 7.13. The van der Waals surface area contributed by atoms with Crippen LogP contribution in [-0.4, -0.2) is 40.9 Å². The van der Waals surface area contributed by atoms with Crippen molar-refractivity contribution in [2.24, 2.45) is 11.8 Å². The van der Waals surface area contributed by atoms with Crippen molar-refractivity contribution in [1.82, 2.24) is 0 Å². The van der Waals surface area contributed by atoms with Crippen molar-refractivity contribution < 1.29 is 19.7 Å². The van der Waals surface area contributed by atoms with E-state index in [0.29, 0.717) is 26.9 Å². The number of aliphatic hydroxyl groups is 2. The molecule has 8 heteroatoms. The molecule has 0 radical (unpaired) electrons. The molecule has 0 saturated heterocycles. The van der Waals surface area contributed by atoms with Gasteiger partial charge in [-0.2, -0.15) is 0 Å². The Morgan fingerprint density at radius 3 is 2.68 bits per heavy atom. The fourth-order valence-corrected chi connectivity index (χ4v) is 5.70. The number of carbonyl (C=O) groups excluding carboxylic acids is 1. The summed E-state index contributed by atoms with van der Waals surface area (Å²) in [5.41, 5.74) is 0.709. The maximum atomic E-state index is 11.9. The predicted octanol–water partition coefficient (Wildman–Crippen LogP) is 5.18. The number of hydrogen-bond acceptors (Lipinski definition) is 5. The maximum absolute atomic E-state index is 11.9. The van der Waals surface area contributed by atoms with Gasteiger partial charge >= 0.3 is 5.97 Å². The molecule has 0 bridgehead atoms. The summed E-state index contributed by atoms with van der Waals surface area (Å²) in [5, 5.41) is 20.1. The Morgan fingerprint density at radius 2 is 1.97 bits per heavy atom. The largest absolute Gasteiger partial charge is 0.459 e. The third-order valence-corrected chi connectivity index (χ3v) is 7.26. The molecule has 0 amide bonds. The Balaban J connectivity index is 1.59. The number of aryl methyl sites for hydroxylation is 1. The molecule has 1 saturated carbocycles. The molecule has 1 aliphatic carbocycles. The highest BCUT2D eigenvalue weighted by Crippen LogP contribution is 2.39. The molecule has 0 aliphatic heterocycles. The number of alkyl halides is 1. The van der Waals surface area contributed by atoms with E-state index in [1.165, 1.54) is 11.3 Å². The van der Waals surface area contributed by atoms with Crippen LogP contribution in [0.5, 0.6) is 0 Å². The molecule has 1 aliphatic rings. The Labute approximate surface area is 201 Å². The van der Waals surface area contributed by atoms with Crippen LogP contribution in [0.25, 0.3) is 0 Å². The minimum absolute atomic E-state index is 0.00298. The molecule has 4 atom stereocenters. The van der Waals surface area contributed by atoms with Crippen LogP contribution in [0.1, 0.15) is 39.4 Å². The van der Waals surface area contributed by atoms with Crippen LogP contribution >= 0.6 is 46.1 Å². The first-order valence-corrected chi connectivity index (χ1v) is 12.0. The van der Waals surface area contributed by atoms with Gasteiger partial charge in [-0.3, -0.25) is 0 Å². The summed E-state index contributed by atoms with van der Waals surface area (Å²) >= 11 is 20.0. The summed E-state index contributed by atoms with van der Waals surface area (Å²) in [4.78, 5) is 13.5. The average molecular weight is 502 g/mol. The van der Waals surface area contributed by atoms with Gasteiger partial charge in [-0.15, -0.1) is 22.9 Å². The molecule has 1 heterocycles. The van der Waals surface area contributed by atoms with Crippen molar-refractivity contribution in [3.63, 3.8) is 0 Å². The van der Waals surface area contributed by atoms with Gasteiger partial charge in [0.2, 0.25) is 0 Å². The fraction of sp³-hybridized carbons (Fsp3) is 0.435. The summed E-state index contributed by atoms with van der Waals surface area (Å²) in [7, 11) is 0. The molecule has 0 spiro atoms. The molecule has 31 heavy (non-hydrogen) atoms. The molecule has 1 aromatic carbocycles. The van der Waals surface area contributed by atoms with E-state index in [1.807, 2.05) is 6.07 Å². The number of carbonyl (C=O) groups is 1. The second-order valence-electron chi connectivity index (χ2n) is 7.45. The maximum Gasteiger partial charge on any atom is 0.348 e. The summed E-state index contributed by atoms with van der Waals surface area (Å²) in [5.74, 6) is 5.72. The molecule has 1 aromatic heterocycles. The number of aliphatic hydroxyl groups excluding tert-OH is 2. The standard InChI is InChI=1S/C23H23Cl3O4S/c24-15-10-14(11-16(25)12-15)4-6-19-18(20(26)13-21(19)28)3-1-2-17-5-7-22(31-17)23(29)30-9-8-27/h5,7,10-12,18-21,27-28H,1-3,8-9,13H2/t18-,19-,20-,21-/m1/s1. The quantitative estimate of drug-likeness (QED) is 0.311. The highest BCUT2D eigenvalue weighted by atomic mass is 35.5. The van der Waals surface area contributed by atoms with Gasteiger partial charge in [0, 0.05) is 25.9 Å². The van der Waals surface area contributed by atoms with Crippen molar-refractivity contribution in [2.75, 3.05) is 13.2 Å². The van der Waals surface area contributed by atoms with Crippen LogP contribution in [0.3, 0.4) is 0 Å². The van der Waals surface area contributed by atoms with Crippen molar-refractivity contribution >= 4 is 52.1 Å². The van der Waals surface area contributed by atoms with E-state index in [2.05, 4.69) is 11.8 Å². The van der Waals surface area contributed by atoms with Crippen molar-refractivity contribution in [1.29, 1.82) is 0 Å². The second-order valence-corrected chi connectivity index (χ2v) is 10.1. The van der Waals surface area contributed by atoms with Crippen LogP contribution in [0.15, 0.2) is 30.3 Å². The number of esters is 1. The lowest BCUT2D eigenvalue weighted by molar-refractivity contribution is 0.0439. The zero-order chi connectivity index (χ0) is 22.4. The Hall–Kier alpha value is -1.26. The smallest absolute Gasteiger partial charge is 0.348 e. The van der Waals surface area contributed by atoms with Gasteiger partial charge in [-0.1, -0.05) is 35.0 Å². The van der Waals surface area contributed by atoms with Crippen molar-refractivity contribution in [3.8, 4) is 11.8 Å². The van der Waals surface area contributed by atoms with Crippen LogP contribution < -0.4 is 0 Å². The number of hydrogen-bond donors (Lipinski definition) is 2. The number of benzene rings is 1. The van der Waals surface area contributed by atoms with Crippen molar-refractivity contribution in [2.45, 2.75) is 37.2 Å². The number of halogens is 3. The van der Waals surface area contributed by atoms with Crippen LogP contribution in [0.2, 0.25) is 10.0 Å². The van der Waals surface area contributed by atoms with E-state index >= 15 is 0 Å². The third kappa shape index (κ3) is 6.86. The SMILES string of the molecule is O=C(OCCO)c1ccc(CCC[C@@H]2[C@@H](C#Cc3cc(Cl)cc(Cl)c3)[C@H](O)C[C@H]2Cl)s1. The van der Waals surface area contributed by atoms with E-state index in [9.17, 15) is 9.90 Å². The first-order chi connectivity index (χ1) is 14.9. The van der Waals surface area contributed by atoms with E-state index in [0.717, 1.165) is 24.1 Å². The second kappa shape index (κ2) is 11.6. The first-order valence-electron chi connectivity index (χ1n) is 10.0. The van der Waals surface area contributed by atoms with E-state index in [-0.39, 0.29) is 30.4 Å². The molecule has 166 valence electrons. The molecular weight excluding hydrogens is 479 g/mol. The normalized spacial score (nSPS) is 22.7. The minimum atomic E-state index is -0.565. The van der Waals surface area contributed by atoms with Crippen molar-refractivity contribution in [3.05, 3.63) is 55.7 Å². The van der Waals surface area contributed by atoms with Gasteiger partial charge in [0.25, 0.3) is 0 Å². The highest BCUT2D eigenvalue weighted by Gasteiger charge is 2.40. The third-order valence-electron chi connectivity index (χ3n) is 5.20. The van der Waals surface area contributed by atoms with Gasteiger partial charge in [0.15, 0.2) is 0 Å².